The number of carbonyl (C=O) groups excluding carboxylic acids is 1. The molecule has 0 saturated carbocycles. The van der Waals surface area contributed by atoms with Crippen LogP contribution in [0.3, 0.4) is 0 Å². The van der Waals surface area contributed by atoms with Crippen molar-refractivity contribution in [1.29, 1.82) is 0 Å². The number of likely N-dealkylation sites (tertiary alicyclic amines) is 1. The van der Waals surface area contributed by atoms with E-state index in [1.165, 1.54) is 11.8 Å². The average Bonchev–Trinajstić information content (AvgIpc) is 3.04. The van der Waals surface area contributed by atoms with Crippen molar-refractivity contribution in [2.24, 2.45) is 0 Å². The van der Waals surface area contributed by atoms with Gasteiger partial charge in [-0.2, -0.15) is 0 Å². The highest BCUT2D eigenvalue weighted by molar-refractivity contribution is 8.01. The van der Waals surface area contributed by atoms with Gasteiger partial charge in [-0.3, -0.25) is 9.78 Å². The van der Waals surface area contributed by atoms with Crippen molar-refractivity contribution >= 4 is 29.0 Å². The van der Waals surface area contributed by atoms with Gasteiger partial charge in [0.15, 0.2) is 4.34 Å². The van der Waals surface area contributed by atoms with Gasteiger partial charge in [0.2, 0.25) is 5.91 Å². The van der Waals surface area contributed by atoms with Crippen molar-refractivity contribution in [3.63, 3.8) is 0 Å². The minimum absolute atomic E-state index is 0.0943. The summed E-state index contributed by atoms with van der Waals surface area (Å²) in [5, 5.41) is 2.01. The molecule has 1 fully saturated rings. The maximum absolute atomic E-state index is 12.4. The highest BCUT2D eigenvalue weighted by Crippen LogP contribution is 2.23. The lowest BCUT2D eigenvalue weighted by molar-refractivity contribution is -0.132. The number of thioether (sulfide) groups is 1. The zero-order valence-electron chi connectivity index (χ0n) is 13.7. The van der Waals surface area contributed by atoms with Crippen molar-refractivity contribution in [2.45, 2.75) is 36.8 Å². The Morgan fingerprint density at radius 2 is 2.42 bits per heavy atom. The van der Waals surface area contributed by atoms with E-state index in [0.717, 1.165) is 35.1 Å². The number of aromatic nitrogens is 2. The zero-order chi connectivity index (χ0) is 16.8. The summed E-state index contributed by atoms with van der Waals surface area (Å²) in [5.41, 5.74) is 1.94. The molecule has 7 heteroatoms. The zero-order valence-corrected chi connectivity index (χ0v) is 15.3. The molecular weight excluding hydrogens is 342 g/mol. The van der Waals surface area contributed by atoms with Gasteiger partial charge in [0.25, 0.3) is 0 Å². The summed E-state index contributed by atoms with van der Waals surface area (Å²) in [6, 6.07) is 5.81. The van der Waals surface area contributed by atoms with Crippen LogP contribution in [0.2, 0.25) is 0 Å². The van der Waals surface area contributed by atoms with Crippen molar-refractivity contribution < 1.29 is 9.53 Å². The smallest absolute Gasteiger partial charge is 0.233 e. The molecule has 1 atom stereocenters. The fourth-order valence-electron chi connectivity index (χ4n) is 2.60. The minimum Gasteiger partial charge on any atom is -0.370 e. The Morgan fingerprint density at radius 3 is 3.17 bits per heavy atom. The molecule has 0 radical (unpaired) electrons. The molecule has 0 bridgehead atoms. The van der Waals surface area contributed by atoms with Crippen molar-refractivity contribution in [1.82, 2.24) is 14.9 Å². The fourth-order valence-corrected chi connectivity index (χ4v) is 4.35. The molecule has 1 aliphatic rings. The molecule has 0 aliphatic carbocycles. The van der Waals surface area contributed by atoms with Gasteiger partial charge >= 0.3 is 0 Å². The molecule has 3 rings (SSSR count). The number of hydrogen-bond acceptors (Lipinski definition) is 6. The Hall–Kier alpha value is -1.44. The molecular formula is C17H21N3O2S2. The third-order valence-corrected chi connectivity index (χ3v) is 5.96. The molecule has 24 heavy (non-hydrogen) atoms. The Labute approximate surface area is 150 Å². The summed E-state index contributed by atoms with van der Waals surface area (Å²) >= 11 is 3.11. The number of rotatable bonds is 6. The first kappa shape index (κ1) is 17.4. The number of thiazole rings is 1. The van der Waals surface area contributed by atoms with Crippen LogP contribution in [-0.2, 0) is 16.1 Å². The van der Waals surface area contributed by atoms with E-state index in [-0.39, 0.29) is 12.0 Å². The largest absolute Gasteiger partial charge is 0.370 e. The summed E-state index contributed by atoms with van der Waals surface area (Å²) in [6.07, 6.45) is 3.85. The van der Waals surface area contributed by atoms with Crippen LogP contribution in [0.15, 0.2) is 34.1 Å². The lowest BCUT2D eigenvalue weighted by atomic mass is 10.1. The van der Waals surface area contributed by atoms with Crippen LogP contribution in [0.25, 0.3) is 0 Å². The second kappa shape index (κ2) is 8.60. The Morgan fingerprint density at radius 1 is 1.50 bits per heavy atom. The molecule has 2 aromatic rings. The molecule has 1 saturated heterocycles. The van der Waals surface area contributed by atoms with Gasteiger partial charge in [0, 0.05) is 30.4 Å². The number of aryl methyl sites for hydroxylation is 1. The van der Waals surface area contributed by atoms with Gasteiger partial charge in [-0.05, 0) is 31.9 Å². The minimum atomic E-state index is 0.0943. The van der Waals surface area contributed by atoms with Crippen molar-refractivity contribution in [2.75, 3.05) is 18.8 Å². The molecule has 1 aliphatic heterocycles. The third kappa shape index (κ3) is 5.03. The molecule has 0 spiro atoms. The first-order valence-corrected chi connectivity index (χ1v) is 9.91. The standard InChI is InChI=1S/C17H21N3O2S2/c1-13-11-23-17(19-13)24-12-16(21)20-8-4-6-15(9-20)22-10-14-5-2-3-7-18-14/h2-3,5,7,11,15H,4,6,8-10,12H2,1H3. The van der Waals surface area contributed by atoms with Crippen LogP contribution >= 0.6 is 23.1 Å². The number of carbonyl (C=O) groups is 1. The van der Waals surface area contributed by atoms with E-state index < -0.39 is 0 Å². The van der Waals surface area contributed by atoms with E-state index in [2.05, 4.69) is 9.97 Å². The van der Waals surface area contributed by atoms with Gasteiger partial charge in [0.1, 0.15) is 0 Å². The second-order valence-electron chi connectivity index (χ2n) is 5.78. The van der Waals surface area contributed by atoms with Gasteiger partial charge < -0.3 is 9.64 Å². The van der Waals surface area contributed by atoms with Crippen molar-refractivity contribution in [3.8, 4) is 0 Å². The number of hydrogen-bond donors (Lipinski definition) is 0. The van der Waals surface area contributed by atoms with E-state index in [4.69, 9.17) is 4.74 Å². The summed E-state index contributed by atoms with van der Waals surface area (Å²) < 4.78 is 6.90. The first-order valence-electron chi connectivity index (χ1n) is 8.05. The Kier molecular flexibility index (Phi) is 6.23. The van der Waals surface area contributed by atoms with Crippen molar-refractivity contribution in [3.05, 3.63) is 41.2 Å². The number of amides is 1. The predicted molar refractivity (Wildman–Crippen MR) is 96.2 cm³/mol. The van der Waals surface area contributed by atoms with Crippen LogP contribution in [0.1, 0.15) is 24.2 Å². The number of piperidine rings is 1. The summed E-state index contributed by atoms with van der Waals surface area (Å²) in [5.74, 6) is 0.610. The van der Waals surface area contributed by atoms with Crippen LogP contribution in [0, 0.1) is 6.92 Å². The van der Waals surface area contributed by atoms with Crippen LogP contribution in [0.5, 0.6) is 0 Å². The second-order valence-corrected chi connectivity index (χ2v) is 7.86. The Balaban J connectivity index is 1.45. The molecule has 3 heterocycles. The fraction of sp³-hybridized carbons (Fsp3) is 0.471. The molecule has 5 nitrogen and oxygen atoms in total. The molecule has 0 aromatic carbocycles. The quantitative estimate of drug-likeness (QED) is 0.738. The summed E-state index contributed by atoms with van der Waals surface area (Å²) in [6.45, 7) is 3.96. The number of ether oxygens (including phenoxy) is 1. The molecule has 2 aromatic heterocycles. The lowest BCUT2D eigenvalue weighted by Crippen LogP contribution is -2.44. The van der Waals surface area contributed by atoms with E-state index >= 15 is 0 Å². The van der Waals surface area contributed by atoms with E-state index in [1.807, 2.05) is 35.4 Å². The number of nitrogens with zero attached hydrogens (tertiary/aromatic N) is 3. The highest BCUT2D eigenvalue weighted by Gasteiger charge is 2.24. The first-order chi connectivity index (χ1) is 11.7. The normalized spacial score (nSPS) is 17.9. The van der Waals surface area contributed by atoms with E-state index in [1.54, 1.807) is 17.5 Å². The van der Waals surface area contributed by atoms with Gasteiger partial charge in [-0.1, -0.05) is 17.8 Å². The Bertz CT molecular complexity index is 663. The molecule has 128 valence electrons. The van der Waals surface area contributed by atoms with E-state index in [9.17, 15) is 4.79 Å². The van der Waals surface area contributed by atoms with E-state index in [0.29, 0.717) is 18.9 Å². The molecule has 0 N–H and O–H groups in total. The maximum atomic E-state index is 12.4. The summed E-state index contributed by atoms with van der Waals surface area (Å²) in [7, 11) is 0. The number of pyridine rings is 1. The molecule has 1 unspecified atom stereocenters. The van der Waals surface area contributed by atoms with Gasteiger partial charge in [-0.25, -0.2) is 4.98 Å². The maximum Gasteiger partial charge on any atom is 0.233 e. The van der Waals surface area contributed by atoms with Gasteiger partial charge in [0.05, 0.1) is 24.2 Å². The summed E-state index contributed by atoms with van der Waals surface area (Å²) in [4.78, 5) is 23.0. The lowest BCUT2D eigenvalue weighted by Gasteiger charge is -2.32. The van der Waals surface area contributed by atoms with Gasteiger partial charge in [-0.15, -0.1) is 11.3 Å². The monoisotopic (exact) mass is 363 g/mol. The van der Waals surface area contributed by atoms with Crippen LogP contribution < -0.4 is 0 Å². The average molecular weight is 364 g/mol. The van der Waals surface area contributed by atoms with Crippen LogP contribution in [-0.4, -0.2) is 45.7 Å². The predicted octanol–water partition coefficient (Wildman–Crippen LogP) is 3.15. The topological polar surface area (TPSA) is 55.3 Å². The van der Waals surface area contributed by atoms with Crippen LogP contribution in [0.4, 0.5) is 0 Å². The third-order valence-electron chi connectivity index (χ3n) is 3.84. The SMILES string of the molecule is Cc1csc(SCC(=O)N2CCCC(OCc3ccccn3)C2)n1. The molecule has 1 amide bonds. The highest BCUT2D eigenvalue weighted by atomic mass is 32.2.